The number of aromatic amines is 1. The lowest BCUT2D eigenvalue weighted by Crippen LogP contribution is -2.55. The minimum absolute atomic E-state index is 0.126. The number of H-pyrrole nitrogens is 1. The molecule has 4 rings (SSSR count). The summed E-state index contributed by atoms with van der Waals surface area (Å²) in [7, 11) is 0. The zero-order chi connectivity index (χ0) is 15.2. The molecule has 0 spiro atoms. The van der Waals surface area contributed by atoms with Gasteiger partial charge in [0, 0.05) is 31.4 Å². The zero-order valence-electron chi connectivity index (χ0n) is 12.5. The van der Waals surface area contributed by atoms with E-state index in [4.69, 9.17) is 0 Å². The van der Waals surface area contributed by atoms with E-state index in [1.54, 1.807) is 0 Å². The van der Waals surface area contributed by atoms with E-state index < -0.39 is 5.41 Å². The summed E-state index contributed by atoms with van der Waals surface area (Å²) in [4.78, 5) is 19.5. The van der Waals surface area contributed by atoms with E-state index in [2.05, 4.69) is 32.5 Å². The van der Waals surface area contributed by atoms with Crippen molar-refractivity contribution < 1.29 is 4.79 Å². The Labute approximate surface area is 128 Å². The minimum Gasteiger partial charge on any atom is -0.337 e. The molecule has 1 saturated carbocycles. The van der Waals surface area contributed by atoms with Crippen LogP contribution in [0, 0.1) is 5.92 Å². The maximum atomic E-state index is 13.1. The Morgan fingerprint density at radius 2 is 2.32 bits per heavy atom. The lowest BCUT2D eigenvalue weighted by molar-refractivity contribution is -0.144. The van der Waals surface area contributed by atoms with Gasteiger partial charge in [0.25, 0.3) is 0 Å². The summed E-state index contributed by atoms with van der Waals surface area (Å²) in [5.41, 5.74) is 1.64. The first-order valence-corrected chi connectivity index (χ1v) is 7.65. The second-order valence-corrected chi connectivity index (χ2v) is 6.42. The van der Waals surface area contributed by atoms with Crippen molar-refractivity contribution in [3.05, 3.63) is 35.4 Å². The van der Waals surface area contributed by atoms with Gasteiger partial charge in [0.05, 0.1) is 0 Å². The smallest absolute Gasteiger partial charge is 0.236 e. The van der Waals surface area contributed by atoms with Crippen LogP contribution in [-0.4, -0.2) is 43.0 Å². The van der Waals surface area contributed by atoms with Crippen LogP contribution in [0.4, 0.5) is 0 Å². The predicted molar refractivity (Wildman–Crippen MR) is 77.6 cm³/mol. The highest BCUT2D eigenvalue weighted by Gasteiger charge is 2.54. The largest absolute Gasteiger partial charge is 0.337 e. The summed E-state index contributed by atoms with van der Waals surface area (Å²) in [6, 6.07) is 3.97. The second kappa shape index (κ2) is 4.86. The zero-order valence-corrected chi connectivity index (χ0v) is 12.5. The average molecular weight is 298 g/mol. The molecule has 1 amide bonds. The molecule has 0 unspecified atom stereocenters. The first kappa shape index (κ1) is 13.4. The molecule has 7 nitrogen and oxygen atoms in total. The van der Waals surface area contributed by atoms with Gasteiger partial charge in [-0.1, -0.05) is 18.2 Å². The number of fused-ring (bicyclic) bond motifs is 1. The number of tetrazole rings is 1. The molecular weight excluding hydrogens is 280 g/mol. The molecular formula is C15H18N6O. The Balaban J connectivity index is 1.61. The van der Waals surface area contributed by atoms with Gasteiger partial charge in [-0.25, -0.2) is 0 Å². The van der Waals surface area contributed by atoms with Crippen molar-refractivity contribution in [3.8, 4) is 0 Å². The molecule has 0 saturated heterocycles. The maximum absolute atomic E-state index is 13.1. The Morgan fingerprint density at radius 1 is 1.45 bits per heavy atom. The molecule has 2 aromatic rings. The molecule has 2 aromatic heterocycles. The molecule has 3 heterocycles. The van der Waals surface area contributed by atoms with Crippen LogP contribution in [0.25, 0.3) is 0 Å². The molecule has 0 bridgehead atoms. The Bertz CT molecular complexity index is 692. The number of nitrogens with one attached hydrogen (secondary N) is 1. The fraction of sp³-hybridized carbons (Fsp3) is 0.533. The van der Waals surface area contributed by atoms with Crippen LogP contribution in [0.15, 0.2) is 18.3 Å². The van der Waals surface area contributed by atoms with Crippen molar-refractivity contribution in [1.29, 1.82) is 0 Å². The molecule has 0 radical (unpaired) electrons. The van der Waals surface area contributed by atoms with E-state index in [0.29, 0.717) is 24.8 Å². The highest BCUT2D eigenvalue weighted by Crippen LogP contribution is 2.47. The number of nitrogens with zero attached hydrogens (tertiary/aromatic N) is 5. The fourth-order valence-electron chi connectivity index (χ4n) is 3.79. The van der Waals surface area contributed by atoms with Crippen molar-refractivity contribution in [3.63, 3.8) is 0 Å². The molecule has 0 aromatic carbocycles. The van der Waals surface area contributed by atoms with E-state index in [-0.39, 0.29) is 5.91 Å². The van der Waals surface area contributed by atoms with E-state index in [9.17, 15) is 4.79 Å². The summed E-state index contributed by atoms with van der Waals surface area (Å²) in [6.07, 6.45) is 4.20. The van der Waals surface area contributed by atoms with Gasteiger partial charge in [0.1, 0.15) is 5.41 Å². The van der Waals surface area contributed by atoms with Gasteiger partial charge >= 0.3 is 0 Å². The first-order chi connectivity index (χ1) is 10.7. The van der Waals surface area contributed by atoms with Crippen LogP contribution in [0.3, 0.4) is 0 Å². The maximum Gasteiger partial charge on any atom is 0.236 e. The number of aromatic nitrogens is 5. The van der Waals surface area contributed by atoms with Crippen LogP contribution in [-0.2, 0) is 23.2 Å². The summed E-state index contributed by atoms with van der Waals surface area (Å²) in [6.45, 7) is 3.48. The van der Waals surface area contributed by atoms with Gasteiger partial charge in [-0.3, -0.25) is 9.78 Å². The number of hydrogen-bond acceptors (Lipinski definition) is 5. The number of amides is 1. The molecule has 1 aliphatic heterocycles. The van der Waals surface area contributed by atoms with Crippen molar-refractivity contribution in [2.24, 2.45) is 5.92 Å². The molecule has 1 N–H and O–H groups in total. The number of hydrogen-bond donors (Lipinski definition) is 1. The lowest BCUT2D eigenvalue weighted by atomic mass is 9.61. The van der Waals surface area contributed by atoms with Crippen LogP contribution in [0.2, 0.25) is 0 Å². The molecule has 1 fully saturated rings. The monoisotopic (exact) mass is 298 g/mol. The van der Waals surface area contributed by atoms with E-state index in [1.807, 2.05) is 23.2 Å². The Morgan fingerprint density at radius 3 is 3.05 bits per heavy atom. The highest BCUT2D eigenvalue weighted by molar-refractivity contribution is 5.88. The molecule has 1 aliphatic carbocycles. The number of rotatable bonds is 2. The van der Waals surface area contributed by atoms with Gasteiger partial charge in [-0.2, -0.15) is 5.21 Å². The summed E-state index contributed by atoms with van der Waals surface area (Å²) in [5, 5.41) is 14.3. The average Bonchev–Trinajstić information content (AvgIpc) is 3.05. The molecule has 7 heteroatoms. The fourth-order valence-corrected chi connectivity index (χ4v) is 3.79. The SMILES string of the molecule is CC1CC(C(=O)N2CCc3ncccc3C2)(c2nn[nH]n2)C1. The summed E-state index contributed by atoms with van der Waals surface area (Å²) >= 11 is 0. The van der Waals surface area contributed by atoms with E-state index in [1.165, 1.54) is 0 Å². The highest BCUT2D eigenvalue weighted by atomic mass is 16.2. The quantitative estimate of drug-likeness (QED) is 0.888. The molecule has 0 atom stereocenters. The number of carbonyl (C=O) groups is 1. The van der Waals surface area contributed by atoms with Crippen LogP contribution < -0.4 is 0 Å². The summed E-state index contributed by atoms with van der Waals surface area (Å²) in [5.74, 6) is 1.18. The molecule has 2 aliphatic rings. The Hall–Kier alpha value is -2.31. The van der Waals surface area contributed by atoms with Gasteiger partial charge in [-0.05, 0) is 30.4 Å². The van der Waals surface area contributed by atoms with E-state index >= 15 is 0 Å². The topological polar surface area (TPSA) is 87.7 Å². The van der Waals surface area contributed by atoms with Crippen molar-refractivity contribution in [1.82, 2.24) is 30.5 Å². The lowest BCUT2D eigenvalue weighted by Gasteiger charge is -2.45. The summed E-state index contributed by atoms with van der Waals surface area (Å²) < 4.78 is 0. The molecule has 114 valence electrons. The third-order valence-corrected chi connectivity index (χ3v) is 4.83. The third-order valence-electron chi connectivity index (χ3n) is 4.83. The number of carbonyl (C=O) groups excluding carboxylic acids is 1. The molecule has 22 heavy (non-hydrogen) atoms. The predicted octanol–water partition coefficient (Wildman–Crippen LogP) is 0.847. The van der Waals surface area contributed by atoms with Gasteiger partial charge in [0.15, 0.2) is 5.82 Å². The third kappa shape index (κ3) is 1.92. The van der Waals surface area contributed by atoms with Gasteiger partial charge in [0.2, 0.25) is 5.91 Å². The van der Waals surface area contributed by atoms with Crippen LogP contribution in [0.1, 0.15) is 36.8 Å². The first-order valence-electron chi connectivity index (χ1n) is 7.65. The van der Waals surface area contributed by atoms with Crippen molar-refractivity contribution in [2.45, 2.75) is 38.1 Å². The minimum atomic E-state index is -0.591. The second-order valence-electron chi connectivity index (χ2n) is 6.42. The van der Waals surface area contributed by atoms with Gasteiger partial charge < -0.3 is 4.90 Å². The standard InChI is InChI=1S/C15H18N6O/c1-10-7-15(8-10,13-17-19-20-18-13)14(22)21-6-4-12-11(9-21)3-2-5-16-12/h2-3,5,10H,4,6-9H2,1H3,(H,17,18,19,20). The number of pyridine rings is 1. The van der Waals surface area contributed by atoms with Crippen LogP contribution in [0.5, 0.6) is 0 Å². The normalized spacial score (nSPS) is 27.1. The Kier molecular flexibility index (Phi) is 2.95. The van der Waals surface area contributed by atoms with Crippen molar-refractivity contribution >= 4 is 5.91 Å². The van der Waals surface area contributed by atoms with Crippen LogP contribution >= 0.6 is 0 Å². The van der Waals surface area contributed by atoms with Gasteiger partial charge in [-0.15, -0.1) is 10.2 Å². The van der Waals surface area contributed by atoms with E-state index in [0.717, 1.165) is 30.5 Å². The van der Waals surface area contributed by atoms with Crippen molar-refractivity contribution in [2.75, 3.05) is 6.54 Å².